The van der Waals surface area contributed by atoms with Gasteiger partial charge in [-0.25, -0.2) is 0 Å². The number of nitriles is 1. The third kappa shape index (κ3) is 2.90. The van der Waals surface area contributed by atoms with E-state index < -0.39 is 4.92 Å². The Hall–Kier alpha value is -3.40. The van der Waals surface area contributed by atoms with Gasteiger partial charge in [-0.15, -0.1) is 0 Å². The minimum Gasteiger partial charge on any atom is -0.379 e. The largest absolute Gasteiger partial charge is 0.379 e. The number of carbonyl (C=O) groups excluding carboxylic acids is 1. The van der Waals surface area contributed by atoms with Crippen molar-refractivity contribution in [2.45, 2.75) is 12.3 Å². The van der Waals surface area contributed by atoms with Gasteiger partial charge >= 0.3 is 0 Å². The number of nitrogens with zero attached hydrogens (tertiary/aromatic N) is 2. The van der Waals surface area contributed by atoms with Gasteiger partial charge < -0.3 is 10.6 Å². The number of benzene rings is 2. The summed E-state index contributed by atoms with van der Waals surface area (Å²) in [7, 11) is 0. The summed E-state index contributed by atoms with van der Waals surface area (Å²) in [6, 6.07) is 13.6. The number of hydrogen-bond acceptors (Lipinski definition) is 5. The molecule has 0 bridgehead atoms. The minimum atomic E-state index is -0.499. The van der Waals surface area contributed by atoms with Crippen molar-refractivity contribution in [1.29, 1.82) is 5.26 Å². The van der Waals surface area contributed by atoms with E-state index in [-0.39, 0.29) is 23.2 Å². The van der Waals surface area contributed by atoms with Gasteiger partial charge in [-0.1, -0.05) is 18.2 Å². The second-order valence-electron chi connectivity index (χ2n) is 5.45. The number of anilines is 2. The molecule has 2 aromatic rings. The SMILES string of the molecule is N#Cc1ccc([N+](=O)[O-])c(NCCC2C(=O)Nc3ccccc32)c1. The normalized spacial score (nSPS) is 15.3. The molecule has 1 aliphatic rings. The predicted octanol–water partition coefficient (Wildman–Crippen LogP) is 3.00. The summed E-state index contributed by atoms with van der Waals surface area (Å²) < 4.78 is 0. The topological polar surface area (TPSA) is 108 Å². The van der Waals surface area contributed by atoms with Crippen molar-refractivity contribution in [2.75, 3.05) is 17.2 Å². The van der Waals surface area contributed by atoms with Crippen molar-refractivity contribution in [2.24, 2.45) is 0 Å². The van der Waals surface area contributed by atoms with Crippen molar-refractivity contribution in [3.8, 4) is 6.07 Å². The number of nitrogens with one attached hydrogen (secondary N) is 2. The lowest BCUT2D eigenvalue weighted by molar-refractivity contribution is -0.384. The molecule has 3 rings (SSSR count). The number of nitro benzene ring substituents is 1. The number of para-hydroxylation sites is 1. The quantitative estimate of drug-likeness (QED) is 0.650. The maximum Gasteiger partial charge on any atom is 0.292 e. The molecule has 0 saturated heterocycles. The molecule has 2 N–H and O–H groups in total. The first-order chi connectivity index (χ1) is 11.6. The summed E-state index contributed by atoms with van der Waals surface area (Å²) in [5.74, 6) is -0.356. The molecule has 0 saturated carbocycles. The maximum atomic E-state index is 12.1. The van der Waals surface area contributed by atoms with Gasteiger partial charge in [0.1, 0.15) is 5.69 Å². The Morgan fingerprint density at radius 2 is 2.08 bits per heavy atom. The van der Waals surface area contributed by atoms with E-state index in [9.17, 15) is 14.9 Å². The zero-order chi connectivity index (χ0) is 17.1. The summed E-state index contributed by atoms with van der Waals surface area (Å²) in [6.07, 6.45) is 0.497. The van der Waals surface area contributed by atoms with Crippen LogP contribution in [0.4, 0.5) is 17.1 Å². The van der Waals surface area contributed by atoms with E-state index in [1.54, 1.807) is 0 Å². The Labute approximate surface area is 138 Å². The van der Waals surface area contributed by atoms with Crippen LogP contribution in [0.15, 0.2) is 42.5 Å². The highest BCUT2D eigenvalue weighted by Crippen LogP contribution is 2.34. The second kappa shape index (κ2) is 6.38. The second-order valence-corrected chi connectivity index (χ2v) is 5.45. The Kier molecular flexibility index (Phi) is 4.12. The lowest BCUT2D eigenvalue weighted by Gasteiger charge is -2.11. The van der Waals surface area contributed by atoms with E-state index >= 15 is 0 Å². The van der Waals surface area contributed by atoms with E-state index in [2.05, 4.69) is 10.6 Å². The zero-order valence-corrected chi connectivity index (χ0v) is 12.7. The molecule has 1 unspecified atom stereocenters. The summed E-state index contributed by atoms with van der Waals surface area (Å²) >= 11 is 0. The van der Waals surface area contributed by atoms with Gasteiger partial charge in [0.2, 0.25) is 5.91 Å². The molecule has 0 radical (unpaired) electrons. The van der Waals surface area contributed by atoms with Crippen LogP contribution < -0.4 is 10.6 Å². The van der Waals surface area contributed by atoms with Gasteiger partial charge in [-0.05, 0) is 30.2 Å². The first kappa shape index (κ1) is 15.5. The maximum absolute atomic E-state index is 12.1. The van der Waals surface area contributed by atoms with Crippen molar-refractivity contribution in [3.05, 3.63) is 63.7 Å². The third-order valence-electron chi connectivity index (χ3n) is 3.98. The van der Waals surface area contributed by atoms with Gasteiger partial charge in [0, 0.05) is 18.3 Å². The molecule has 0 aromatic heterocycles. The Morgan fingerprint density at radius 1 is 1.29 bits per heavy atom. The number of amides is 1. The van der Waals surface area contributed by atoms with Crippen LogP contribution in [0.25, 0.3) is 0 Å². The fourth-order valence-corrected chi connectivity index (χ4v) is 2.82. The predicted molar refractivity (Wildman–Crippen MR) is 88.7 cm³/mol. The average Bonchev–Trinajstić information content (AvgIpc) is 2.90. The van der Waals surface area contributed by atoms with E-state index in [4.69, 9.17) is 5.26 Å². The molecular formula is C17H14N4O3. The summed E-state index contributed by atoms with van der Waals surface area (Å²) in [4.78, 5) is 22.6. The van der Waals surface area contributed by atoms with Crippen LogP contribution >= 0.6 is 0 Å². The number of carbonyl (C=O) groups is 1. The highest BCUT2D eigenvalue weighted by atomic mass is 16.6. The lowest BCUT2D eigenvalue weighted by Crippen LogP contribution is -2.16. The molecule has 7 heteroatoms. The number of fused-ring (bicyclic) bond motifs is 1. The molecule has 7 nitrogen and oxygen atoms in total. The summed E-state index contributed by atoms with van der Waals surface area (Å²) in [5.41, 5.74) is 2.28. The zero-order valence-electron chi connectivity index (χ0n) is 12.7. The monoisotopic (exact) mass is 322 g/mol. The van der Waals surface area contributed by atoms with Gasteiger partial charge in [0.25, 0.3) is 5.69 Å². The molecule has 1 atom stereocenters. The van der Waals surface area contributed by atoms with Crippen molar-refractivity contribution in [3.63, 3.8) is 0 Å². The van der Waals surface area contributed by atoms with E-state index in [1.807, 2.05) is 30.3 Å². The number of hydrogen-bond donors (Lipinski definition) is 2. The number of rotatable bonds is 5. The van der Waals surface area contributed by atoms with Crippen LogP contribution in [0.1, 0.15) is 23.5 Å². The molecule has 2 aromatic carbocycles. The molecule has 1 amide bonds. The standard InChI is InChI=1S/C17H14N4O3/c18-10-11-5-6-16(21(23)24)15(9-11)19-8-7-13-12-3-1-2-4-14(12)20-17(13)22/h1-6,9,13,19H,7-8H2,(H,20,22). The third-order valence-corrected chi connectivity index (χ3v) is 3.98. The first-order valence-electron chi connectivity index (χ1n) is 7.42. The first-order valence-corrected chi connectivity index (χ1v) is 7.42. The molecule has 0 spiro atoms. The molecule has 1 heterocycles. The molecule has 120 valence electrons. The van der Waals surface area contributed by atoms with Crippen LogP contribution in [-0.4, -0.2) is 17.4 Å². The van der Waals surface area contributed by atoms with Gasteiger partial charge in [-0.2, -0.15) is 5.26 Å². The van der Waals surface area contributed by atoms with E-state index in [1.165, 1.54) is 18.2 Å². The fourth-order valence-electron chi connectivity index (χ4n) is 2.82. The minimum absolute atomic E-state index is 0.0710. The van der Waals surface area contributed by atoms with Gasteiger partial charge in [-0.3, -0.25) is 14.9 Å². The summed E-state index contributed by atoms with van der Waals surface area (Å²) in [6.45, 7) is 0.377. The smallest absolute Gasteiger partial charge is 0.292 e. The Bertz CT molecular complexity index is 857. The summed E-state index contributed by atoms with van der Waals surface area (Å²) in [5, 5.41) is 25.8. The molecule has 1 aliphatic heterocycles. The fraction of sp³-hybridized carbons (Fsp3) is 0.176. The van der Waals surface area contributed by atoms with Crippen LogP contribution in [0.5, 0.6) is 0 Å². The molecule has 0 aliphatic carbocycles. The van der Waals surface area contributed by atoms with E-state index in [0.717, 1.165) is 11.3 Å². The van der Waals surface area contributed by atoms with Crippen LogP contribution in [-0.2, 0) is 4.79 Å². The van der Waals surface area contributed by atoms with Crippen LogP contribution in [0, 0.1) is 21.4 Å². The van der Waals surface area contributed by atoms with Gasteiger partial charge in [0.05, 0.1) is 22.5 Å². The lowest BCUT2D eigenvalue weighted by atomic mass is 9.97. The van der Waals surface area contributed by atoms with Gasteiger partial charge in [0.15, 0.2) is 0 Å². The molecular weight excluding hydrogens is 308 g/mol. The molecule has 24 heavy (non-hydrogen) atoms. The average molecular weight is 322 g/mol. The van der Waals surface area contributed by atoms with Crippen LogP contribution in [0.3, 0.4) is 0 Å². The van der Waals surface area contributed by atoms with Crippen molar-refractivity contribution < 1.29 is 9.72 Å². The van der Waals surface area contributed by atoms with Crippen molar-refractivity contribution in [1.82, 2.24) is 0 Å². The van der Waals surface area contributed by atoms with E-state index in [0.29, 0.717) is 18.5 Å². The highest BCUT2D eigenvalue weighted by Gasteiger charge is 2.29. The Morgan fingerprint density at radius 3 is 2.83 bits per heavy atom. The van der Waals surface area contributed by atoms with Crippen molar-refractivity contribution >= 4 is 23.0 Å². The number of nitro groups is 1. The molecule has 0 fully saturated rings. The highest BCUT2D eigenvalue weighted by molar-refractivity contribution is 6.02. The Balaban J connectivity index is 1.72. The van der Waals surface area contributed by atoms with Crippen LogP contribution in [0.2, 0.25) is 0 Å².